The summed E-state index contributed by atoms with van der Waals surface area (Å²) in [5.74, 6) is 2.39. The molecule has 0 aliphatic heterocycles. The monoisotopic (exact) mass is 174 g/mol. The summed E-state index contributed by atoms with van der Waals surface area (Å²) in [7, 11) is 0. The van der Waals surface area contributed by atoms with Crippen molar-refractivity contribution in [3.8, 4) is 0 Å². The van der Waals surface area contributed by atoms with E-state index in [0.717, 1.165) is 17.8 Å². The van der Waals surface area contributed by atoms with Crippen molar-refractivity contribution < 1.29 is 0 Å². The van der Waals surface area contributed by atoms with Gasteiger partial charge in [-0.05, 0) is 30.6 Å². The fraction of sp³-hybridized carbons (Fsp3) is 1.00. The molecule has 0 spiro atoms. The molecule has 66 valence electrons. The van der Waals surface area contributed by atoms with Gasteiger partial charge < -0.3 is 0 Å². The average Bonchev–Trinajstić information content (AvgIpc) is 1.85. The third kappa shape index (κ3) is 2.37. The molecule has 0 nitrogen and oxygen atoms in total. The Morgan fingerprint density at radius 1 is 1.27 bits per heavy atom. The Morgan fingerprint density at radius 2 is 1.91 bits per heavy atom. The lowest BCUT2D eigenvalue weighted by Gasteiger charge is -2.33. The fourth-order valence-corrected chi connectivity index (χ4v) is 2.81. The minimum Gasteiger partial charge on any atom is -0.123 e. The molecule has 1 fully saturated rings. The van der Waals surface area contributed by atoms with Crippen LogP contribution in [0.3, 0.4) is 0 Å². The maximum atomic E-state index is 6.27. The molecule has 1 aliphatic rings. The summed E-state index contributed by atoms with van der Waals surface area (Å²) >= 11 is 6.27. The Bertz CT molecular complexity index is 120. The molecule has 0 heterocycles. The van der Waals surface area contributed by atoms with Crippen molar-refractivity contribution in [3.05, 3.63) is 0 Å². The van der Waals surface area contributed by atoms with Crippen LogP contribution in [0.5, 0.6) is 0 Å². The first-order chi connectivity index (χ1) is 5.11. The van der Waals surface area contributed by atoms with Crippen LogP contribution >= 0.6 is 11.6 Å². The lowest BCUT2D eigenvalue weighted by Crippen LogP contribution is -2.27. The van der Waals surface area contributed by atoms with E-state index in [1.54, 1.807) is 0 Å². The van der Waals surface area contributed by atoms with Gasteiger partial charge in [0.1, 0.15) is 0 Å². The zero-order valence-corrected chi connectivity index (χ0v) is 8.56. The van der Waals surface area contributed by atoms with Crippen molar-refractivity contribution in [3.63, 3.8) is 0 Å². The number of alkyl halides is 1. The molecule has 0 N–H and O–H groups in total. The summed E-state index contributed by atoms with van der Waals surface area (Å²) in [5.41, 5.74) is 0. The van der Waals surface area contributed by atoms with Crippen molar-refractivity contribution in [2.45, 2.75) is 45.4 Å². The standard InChI is InChI=1S/C10H19Cl/c1-7(2)9-5-4-8(3)6-10(9)11/h7-10H,4-6H2,1-3H3/t8-,9-,10-/m0/s1. The van der Waals surface area contributed by atoms with Crippen LogP contribution in [0.15, 0.2) is 0 Å². The minimum absolute atomic E-state index is 0.443. The maximum Gasteiger partial charge on any atom is 0.0369 e. The molecule has 0 saturated heterocycles. The van der Waals surface area contributed by atoms with Crippen LogP contribution in [0, 0.1) is 17.8 Å². The Kier molecular flexibility index (Phi) is 3.24. The van der Waals surface area contributed by atoms with Crippen molar-refractivity contribution in [1.82, 2.24) is 0 Å². The molecule has 0 aromatic heterocycles. The summed E-state index contributed by atoms with van der Waals surface area (Å²) in [6, 6.07) is 0. The first-order valence-electron chi connectivity index (χ1n) is 4.75. The van der Waals surface area contributed by atoms with E-state index in [4.69, 9.17) is 11.6 Å². The highest BCUT2D eigenvalue weighted by molar-refractivity contribution is 6.20. The number of hydrogen-bond acceptors (Lipinski definition) is 0. The third-order valence-corrected chi connectivity index (χ3v) is 3.44. The van der Waals surface area contributed by atoms with Crippen LogP contribution in [-0.2, 0) is 0 Å². The number of hydrogen-bond donors (Lipinski definition) is 0. The molecule has 1 heteroatoms. The van der Waals surface area contributed by atoms with Gasteiger partial charge in [0.2, 0.25) is 0 Å². The summed E-state index contributed by atoms with van der Waals surface area (Å²) in [6.07, 6.45) is 3.95. The van der Waals surface area contributed by atoms with Crippen molar-refractivity contribution in [2.75, 3.05) is 0 Å². The van der Waals surface area contributed by atoms with E-state index in [0.29, 0.717) is 5.38 Å². The van der Waals surface area contributed by atoms with Gasteiger partial charge >= 0.3 is 0 Å². The second kappa shape index (κ2) is 3.80. The predicted molar refractivity (Wildman–Crippen MR) is 51.0 cm³/mol. The fourth-order valence-electron chi connectivity index (χ4n) is 2.09. The molecular formula is C10H19Cl. The number of halogens is 1. The van der Waals surface area contributed by atoms with Gasteiger partial charge in [0.05, 0.1) is 0 Å². The molecule has 1 saturated carbocycles. The van der Waals surface area contributed by atoms with Crippen molar-refractivity contribution in [2.24, 2.45) is 17.8 Å². The van der Waals surface area contributed by atoms with Gasteiger partial charge in [-0.15, -0.1) is 11.6 Å². The summed E-state index contributed by atoms with van der Waals surface area (Å²) in [4.78, 5) is 0. The van der Waals surface area contributed by atoms with Gasteiger partial charge in [0, 0.05) is 5.38 Å². The van der Waals surface area contributed by atoms with E-state index in [-0.39, 0.29) is 0 Å². The van der Waals surface area contributed by atoms with E-state index in [1.807, 2.05) is 0 Å². The molecule has 1 rings (SSSR count). The maximum absolute atomic E-state index is 6.27. The zero-order chi connectivity index (χ0) is 8.43. The molecule has 3 atom stereocenters. The van der Waals surface area contributed by atoms with Crippen LogP contribution in [0.1, 0.15) is 40.0 Å². The molecule has 0 unspecified atom stereocenters. The van der Waals surface area contributed by atoms with Crippen molar-refractivity contribution in [1.29, 1.82) is 0 Å². The van der Waals surface area contributed by atoms with Gasteiger partial charge in [0.15, 0.2) is 0 Å². The van der Waals surface area contributed by atoms with E-state index in [2.05, 4.69) is 20.8 Å². The topological polar surface area (TPSA) is 0 Å². The predicted octanol–water partition coefficient (Wildman–Crippen LogP) is 3.69. The number of rotatable bonds is 1. The van der Waals surface area contributed by atoms with Gasteiger partial charge in [0.25, 0.3) is 0 Å². The van der Waals surface area contributed by atoms with Gasteiger partial charge in [-0.2, -0.15) is 0 Å². The Hall–Kier alpha value is 0.290. The van der Waals surface area contributed by atoms with E-state index < -0.39 is 0 Å². The molecule has 0 bridgehead atoms. The van der Waals surface area contributed by atoms with Crippen LogP contribution in [0.25, 0.3) is 0 Å². The third-order valence-electron chi connectivity index (χ3n) is 2.94. The van der Waals surface area contributed by atoms with Crippen LogP contribution in [0.2, 0.25) is 0 Å². The lowest BCUT2D eigenvalue weighted by molar-refractivity contribution is 0.240. The Morgan fingerprint density at radius 3 is 2.36 bits per heavy atom. The Balaban J connectivity index is 2.44. The Labute approximate surface area is 75.3 Å². The van der Waals surface area contributed by atoms with Gasteiger partial charge in [-0.25, -0.2) is 0 Å². The lowest BCUT2D eigenvalue weighted by atomic mass is 9.77. The second-order valence-corrected chi connectivity index (χ2v) is 4.90. The van der Waals surface area contributed by atoms with Crippen molar-refractivity contribution >= 4 is 11.6 Å². The highest BCUT2D eigenvalue weighted by Crippen LogP contribution is 2.36. The molecule has 0 aromatic rings. The summed E-state index contributed by atoms with van der Waals surface area (Å²) in [5, 5.41) is 0.443. The highest BCUT2D eigenvalue weighted by Gasteiger charge is 2.28. The largest absolute Gasteiger partial charge is 0.123 e. The van der Waals surface area contributed by atoms with Crippen LogP contribution in [0.4, 0.5) is 0 Å². The minimum atomic E-state index is 0.443. The smallest absolute Gasteiger partial charge is 0.0369 e. The SMILES string of the molecule is CC(C)[C@@H]1CC[C@H](C)C[C@@H]1Cl. The highest BCUT2D eigenvalue weighted by atomic mass is 35.5. The van der Waals surface area contributed by atoms with Gasteiger partial charge in [-0.1, -0.05) is 27.2 Å². The normalized spacial score (nSPS) is 39.5. The quantitative estimate of drug-likeness (QED) is 0.532. The molecule has 0 radical (unpaired) electrons. The molecule has 0 amide bonds. The second-order valence-electron chi connectivity index (χ2n) is 4.34. The first kappa shape index (κ1) is 9.38. The summed E-state index contributed by atoms with van der Waals surface area (Å²) < 4.78 is 0. The average molecular weight is 175 g/mol. The zero-order valence-electron chi connectivity index (χ0n) is 7.81. The summed E-state index contributed by atoms with van der Waals surface area (Å²) in [6.45, 7) is 6.89. The van der Waals surface area contributed by atoms with Gasteiger partial charge in [-0.3, -0.25) is 0 Å². The van der Waals surface area contributed by atoms with E-state index >= 15 is 0 Å². The van der Waals surface area contributed by atoms with E-state index in [1.165, 1.54) is 19.3 Å². The molecular weight excluding hydrogens is 156 g/mol. The van der Waals surface area contributed by atoms with Crippen LogP contribution < -0.4 is 0 Å². The van der Waals surface area contributed by atoms with Crippen LogP contribution in [-0.4, -0.2) is 5.38 Å². The first-order valence-corrected chi connectivity index (χ1v) is 5.19. The molecule has 1 aliphatic carbocycles. The van der Waals surface area contributed by atoms with E-state index in [9.17, 15) is 0 Å². The molecule has 0 aromatic carbocycles. The molecule has 11 heavy (non-hydrogen) atoms.